The number of unbranched alkanes of at least 4 members (excludes halogenated alkanes) is 1. The van der Waals surface area contributed by atoms with E-state index in [4.69, 9.17) is 5.73 Å². The lowest BCUT2D eigenvalue weighted by Gasteiger charge is -2.36. The lowest BCUT2D eigenvalue weighted by molar-refractivity contribution is -0.118. The smallest absolute Gasteiger partial charge is 0.160 e. The van der Waals surface area contributed by atoms with Crippen molar-refractivity contribution in [3.8, 4) is 0 Å². The van der Waals surface area contributed by atoms with Gasteiger partial charge in [-0.05, 0) is 50.3 Å². The van der Waals surface area contributed by atoms with Crippen molar-refractivity contribution in [1.82, 2.24) is 5.32 Å². The zero-order chi connectivity index (χ0) is 17.7. The largest absolute Gasteiger partial charge is 0.379 e. The summed E-state index contributed by atoms with van der Waals surface area (Å²) in [6, 6.07) is 6.38. The second-order valence-corrected chi connectivity index (χ2v) is 7.59. The third-order valence-corrected chi connectivity index (χ3v) is 4.89. The SMILES string of the molecule is CCCCC(CC)C(=O)/C=C1\NC(C)(C)Cc2ccc(CN)cc21. The molecule has 24 heavy (non-hydrogen) atoms. The number of carbonyl (C=O) groups excluding carboxylic acids is 1. The first-order chi connectivity index (χ1) is 11.4. The van der Waals surface area contributed by atoms with Crippen LogP contribution in [-0.4, -0.2) is 11.3 Å². The molecule has 0 bridgehead atoms. The highest BCUT2D eigenvalue weighted by atomic mass is 16.1. The Morgan fingerprint density at radius 1 is 1.38 bits per heavy atom. The number of benzene rings is 1. The predicted molar refractivity (Wildman–Crippen MR) is 102 cm³/mol. The van der Waals surface area contributed by atoms with Crippen LogP contribution >= 0.6 is 0 Å². The molecule has 0 radical (unpaired) electrons. The number of rotatable bonds is 7. The van der Waals surface area contributed by atoms with Crippen LogP contribution in [0.1, 0.15) is 70.1 Å². The highest BCUT2D eigenvalue weighted by Crippen LogP contribution is 2.31. The van der Waals surface area contributed by atoms with E-state index in [9.17, 15) is 4.79 Å². The topological polar surface area (TPSA) is 55.1 Å². The summed E-state index contributed by atoms with van der Waals surface area (Å²) < 4.78 is 0. The van der Waals surface area contributed by atoms with Gasteiger partial charge in [0.1, 0.15) is 0 Å². The molecule has 0 spiro atoms. The second-order valence-electron chi connectivity index (χ2n) is 7.59. The number of hydrogen-bond acceptors (Lipinski definition) is 3. The summed E-state index contributed by atoms with van der Waals surface area (Å²) in [6.07, 6.45) is 6.92. The Balaban J connectivity index is 2.36. The van der Waals surface area contributed by atoms with E-state index in [0.717, 1.165) is 48.9 Å². The van der Waals surface area contributed by atoms with Gasteiger partial charge in [-0.2, -0.15) is 0 Å². The maximum absolute atomic E-state index is 12.8. The van der Waals surface area contributed by atoms with Crippen molar-refractivity contribution in [2.45, 2.75) is 71.9 Å². The maximum Gasteiger partial charge on any atom is 0.160 e. The van der Waals surface area contributed by atoms with Crippen molar-refractivity contribution < 1.29 is 4.79 Å². The van der Waals surface area contributed by atoms with Gasteiger partial charge in [-0.1, -0.05) is 38.8 Å². The number of nitrogens with one attached hydrogen (secondary N) is 1. The molecule has 1 unspecified atom stereocenters. The van der Waals surface area contributed by atoms with Crippen molar-refractivity contribution in [2.75, 3.05) is 0 Å². The minimum atomic E-state index is -0.0471. The normalized spacial score (nSPS) is 18.8. The number of allylic oxidation sites excluding steroid dienone is 1. The molecule has 0 saturated heterocycles. The zero-order valence-corrected chi connectivity index (χ0v) is 15.6. The molecule has 1 heterocycles. The van der Waals surface area contributed by atoms with E-state index in [1.165, 1.54) is 5.56 Å². The molecule has 1 aromatic carbocycles. The van der Waals surface area contributed by atoms with Crippen LogP contribution in [0.5, 0.6) is 0 Å². The minimum Gasteiger partial charge on any atom is -0.379 e. The standard InChI is InChI=1S/C21H32N2O/c1-5-7-8-16(6-2)20(24)12-19-18-11-15(14-22)9-10-17(18)13-21(3,4)23-19/h9-12,16,23H,5-8,13-14,22H2,1-4H3/b19-12-. The first kappa shape index (κ1) is 18.7. The molecule has 3 nitrogen and oxygen atoms in total. The average molecular weight is 329 g/mol. The van der Waals surface area contributed by atoms with Crippen LogP contribution in [0.15, 0.2) is 24.3 Å². The molecule has 0 aromatic heterocycles. The Labute approximate surface area is 146 Å². The molecule has 1 atom stereocenters. The number of fused-ring (bicyclic) bond motifs is 1. The Kier molecular flexibility index (Phi) is 6.22. The van der Waals surface area contributed by atoms with Crippen LogP contribution in [0.2, 0.25) is 0 Å². The van der Waals surface area contributed by atoms with Gasteiger partial charge in [0, 0.05) is 35.3 Å². The minimum absolute atomic E-state index is 0.0471. The highest BCUT2D eigenvalue weighted by molar-refractivity contribution is 5.98. The third kappa shape index (κ3) is 4.47. The highest BCUT2D eigenvalue weighted by Gasteiger charge is 2.28. The summed E-state index contributed by atoms with van der Waals surface area (Å²) in [4.78, 5) is 12.8. The lowest BCUT2D eigenvalue weighted by Crippen LogP contribution is -2.44. The first-order valence-corrected chi connectivity index (χ1v) is 9.26. The van der Waals surface area contributed by atoms with Gasteiger partial charge < -0.3 is 11.1 Å². The van der Waals surface area contributed by atoms with Gasteiger partial charge in [0.15, 0.2) is 5.78 Å². The van der Waals surface area contributed by atoms with Crippen LogP contribution in [0, 0.1) is 5.92 Å². The molecular weight excluding hydrogens is 296 g/mol. The Morgan fingerprint density at radius 3 is 2.75 bits per heavy atom. The zero-order valence-electron chi connectivity index (χ0n) is 15.6. The fraction of sp³-hybridized carbons (Fsp3) is 0.571. The van der Waals surface area contributed by atoms with Crippen molar-refractivity contribution in [3.63, 3.8) is 0 Å². The summed E-state index contributed by atoms with van der Waals surface area (Å²) in [5.41, 5.74) is 10.2. The number of ketones is 1. The van der Waals surface area contributed by atoms with Crippen LogP contribution in [0.3, 0.4) is 0 Å². The molecular formula is C21H32N2O. The van der Waals surface area contributed by atoms with Gasteiger partial charge in [0.05, 0.1) is 0 Å². The van der Waals surface area contributed by atoms with Gasteiger partial charge in [0.2, 0.25) is 0 Å². The number of hydrogen-bond donors (Lipinski definition) is 2. The maximum atomic E-state index is 12.8. The summed E-state index contributed by atoms with van der Waals surface area (Å²) in [5.74, 6) is 0.376. The van der Waals surface area contributed by atoms with Crippen LogP contribution in [0.25, 0.3) is 5.70 Å². The molecule has 1 aromatic rings. The van der Waals surface area contributed by atoms with Crippen LogP contribution in [-0.2, 0) is 17.8 Å². The fourth-order valence-electron chi connectivity index (χ4n) is 3.48. The molecule has 2 rings (SSSR count). The van der Waals surface area contributed by atoms with E-state index >= 15 is 0 Å². The van der Waals surface area contributed by atoms with Crippen molar-refractivity contribution in [2.24, 2.45) is 11.7 Å². The lowest BCUT2D eigenvalue weighted by atomic mass is 9.84. The molecule has 0 aliphatic carbocycles. The van der Waals surface area contributed by atoms with E-state index in [2.05, 4.69) is 51.2 Å². The Morgan fingerprint density at radius 2 is 2.12 bits per heavy atom. The summed E-state index contributed by atoms with van der Waals surface area (Å²) in [7, 11) is 0. The Hall–Kier alpha value is -1.61. The number of nitrogens with two attached hydrogens (primary N) is 1. The van der Waals surface area contributed by atoms with Gasteiger partial charge >= 0.3 is 0 Å². The van der Waals surface area contributed by atoms with Crippen molar-refractivity contribution in [3.05, 3.63) is 41.0 Å². The quantitative estimate of drug-likeness (QED) is 0.738. The molecule has 132 valence electrons. The van der Waals surface area contributed by atoms with Gasteiger partial charge in [-0.3, -0.25) is 4.79 Å². The van der Waals surface area contributed by atoms with Gasteiger partial charge in [-0.15, -0.1) is 0 Å². The molecule has 3 N–H and O–H groups in total. The summed E-state index contributed by atoms with van der Waals surface area (Å²) in [5, 5.41) is 3.57. The predicted octanol–water partition coefficient (Wildman–Crippen LogP) is 4.20. The second kappa shape index (κ2) is 7.98. The molecule has 1 aliphatic rings. The molecule has 1 aliphatic heterocycles. The monoisotopic (exact) mass is 328 g/mol. The van der Waals surface area contributed by atoms with Gasteiger partial charge in [-0.25, -0.2) is 0 Å². The van der Waals surface area contributed by atoms with Crippen molar-refractivity contribution >= 4 is 11.5 Å². The summed E-state index contributed by atoms with van der Waals surface area (Å²) >= 11 is 0. The Bertz CT molecular complexity index is 616. The van der Waals surface area contributed by atoms with E-state index in [1.54, 1.807) is 0 Å². The molecule has 0 amide bonds. The van der Waals surface area contributed by atoms with Crippen molar-refractivity contribution in [1.29, 1.82) is 0 Å². The van der Waals surface area contributed by atoms with Crippen LogP contribution in [0.4, 0.5) is 0 Å². The van der Waals surface area contributed by atoms with Gasteiger partial charge in [0.25, 0.3) is 0 Å². The third-order valence-electron chi connectivity index (χ3n) is 4.89. The number of carbonyl (C=O) groups is 1. The first-order valence-electron chi connectivity index (χ1n) is 9.26. The van der Waals surface area contributed by atoms with E-state index in [-0.39, 0.29) is 17.2 Å². The molecule has 3 heteroatoms. The fourth-order valence-corrected chi connectivity index (χ4v) is 3.48. The molecule has 0 saturated carbocycles. The van der Waals surface area contributed by atoms with E-state index < -0.39 is 0 Å². The average Bonchev–Trinajstić information content (AvgIpc) is 2.54. The van der Waals surface area contributed by atoms with E-state index in [0.29, 0.717) is 6.54 Å². The van der Waals surface area contributed by atoms with Crippen LogP contribution < -0.4 is 11.1 Å². The van der Waals surface area contributed by atoms with E-state index in [1.807, 2.05) is 6.08 Å². The summed E-state index contributed by atoms with van der Waals surface area (Å²) in [6.45, 7) is 9.16. The molecule has 0 fully saturated rings.